The Hall–Kier alpha value is -4.70. The van der Waals surface area contributed by atoms with Crippen molar-refractivity contribution in [2.24, 2.45) is 0 Å². The summed E-state index contributed by atoms with van der Waals surface area (Å²) in [5.74, 6) is 1.71. The van der Waals surface area contributed by atoms with E-state index in [0.717, 1.165) is 66.2 Å². The first-order valence-corrected chi connectivity index (χ1v) is 14.5. The van der Waals surface area contributed by atoms with E-state index >= 15 is 0 Å². The first-order valence-electron chi connectivity index (χ1n) is 14.5. The number of benzene rings is 3. The van der Waals surface area contributed by atoms with Gasteiger partial charge in [0.25, 0.3) is 0 Å². The predicted octanol–water partition coefficient (Wildman–Crippen LogP) is 4.99. The molecular formula is C32H35N7O3. The minimum Gasteiger partial charge on any atom is -0.453 e. The summed E-state index contributed by atoms with van der Waals surface area (Å²) in [7, 11) is 1.26. The molecule has 0 saturated carbocycles. The summed E-state index contributed by atoms with van der Waals surface area (Å²) in [5, 5.41) is 11.0. The summed E-state index contributed by atoms with van der Waals surface area (Å²) in [6.07, 6.45) is 6.04. The van der Waals surface area contributed by atoms with Crippen molar-refractivity contribution in [2.75, 3.05) is 26.7 Å². The van der Waals surface area contributed by atoms with Crippen molar-refractivity contribution in [3.05, 3.63) is 72.4 Å². The number of nitrogens with zero attached hydrogens (tertiary/aromatic N) is 2. The SMILES string of the molecule is COC(=O)NCC(=O)NCCCCc1ncc(-c2ccc3cc(-c4ccc5nc(C6CCCN6)[nH]c5c4)ccc3c2)[nH]1. The molecule has 216 valence electrons. The molecule has 10 nitrogen and oxygen atoms in total. The fourth-order valence-corrected chi connectivity index (χ4v) is 5.45. The van der Waals surface area contributed by atoms with Crippen molar-refractivity contribution in [3.63, 3.8) is 0 Å². The number of imidazole rings is 2. The van der Waals surface area contributed by atoms with Gasteiger partial charge in [0.05, 0.1) is 42.6 Å². The summed E-state index contributed by atoms with van der Waals surface area (Å²) in [6, 6.07) is 19.8. The van der Waals surface area contributed by atoms with Crippen LogP contribution in [0.5, 0.6) is 0 Å². The van der Waals surface area contributed by atoms with E-state index < -0.39 is 6.09 Å². The molecule has 0 radical (unpaired) electrons. The second-order valence-electron chi connectivity index (χ2n) is 10.7. The highest BCUT2D eigenvalue weighted by Gasteiger charge is 2.19. The van der Waals surface area contributed by atoms with Gasteiger partial charge in [0.1, 0.15) is 11.6 Å². The van der Waals surface area contributed by atoms with Gasteiger partial charge in [0.15, 0.2) is 0 Å². The second kappa shape index (κ2) is 12.4. The van der Waals surface area contributed by atoms with Gasteiger partial charge in [-0.3, -0.25) is 4.79 Å². The number of H-pyrrole nitrogens is 2. The number of aromatic nitrogens is 4. The Morgan fingerprint density at radius 1 is 0.952 bits per heavy atom. The minimum absolute atomic E-state index is 0.0958. The molecule has 42 heavy (non-hydrogen) atoms. The maximum absolute atomic E-state index is 11.7. The van der Waals surface area contributed by atoms with Gasteiger partial charge < -0.3 is 30.7 Å². The zero-order chi connectivity index (χ0) is 28.9. The van der Waals surface area contributed by atoms with Crippen LogP contribution in [0, 0.1) is 0 Å². The van der Waals surface area contributed by atoms with Crippen LogP contribution in [-0.2, 0) is 16.0 Å². The second-order valence-corrected chi connectivity index (χ2v) is 10.7. The van der Waals surface area contributed by atoms with Crippen LogP contribution in [0.15, 0.2) is 60.8 Å². The van der Waals surface area contributed by atoms with Gasteiger partial charge >= 0.3 is 6.09 Å². The van der Waals surface area contributed by atoms with E-state index in [4.69, 9.17) is 4.98 Å². The number of aromatic amines is 2. The molecule has 6 rings (SSSR count). The van der Waals surface area contributed by atoms with Gasteiger partial charge in [0.2, 0.25) is 5.91 Å². The molecule has 5 aromatic rings. The number of unbranched alkanes of at least 4 members (excludes halogenated alkanes) is 1. The average Bonchev–Trinajstić information content (AvgIpc) is 3.80. The quantitative estimate of drug-likeness (QED) is 0.151. The van der Waals surface area contributed by atoms with Crippen LogP contribution in [-0.4, -0.2) is 58.7 Å². The van der Waals surface area contributed by atoms with Gasteiger partial charge in [-0.15, -0.1) is 0 Å². The largest absolute Gasteiger partial charge is 0.453 e. The van der Waals surface area contributed by atoms with Crippen molar-refractivity contribution in [2.45, 2.75) is 38.1 Å². The molecule has 1 aliphatic heterocycles. The van der Waals surface area contributed by atoms with Crippen molar-refractivity contribution in [1.82, 2.24) is 35.9 Å². The van der Waals surface area contributed by atoms with Crippen molar-refractivity contribution in [1.29, 1.82) is 0 Å². The number of ether oxygens (including phenoxy) is 1. The zero-order valence-corrected chi connectivity index (χ0v) is 23.6. The molecule has 2 amide bonds. The maximum atomic E-state index is 11.7. The molecule has 1 atom stereocenters. The highest BCUT2D eigenvalue weighted by molar-refractivity contribution is 5.91. The molecule has 3 heterocycles. The first-order chi connectivity index (χ1) is 20.6. The van der Waals surface area contributed by atoms with Crippen LogP contribution in [0.4, 0.5) is 4.79 Å². The van der Waals surface area contributed by atoms with Crippen LogP contribution in [0.25, 0.3) is 44.2 Å². The number of carbonyl (C=O) groups excluding carboxylic acids is 2. The third-order valence-corrected chi connectivity index (χ3v) is 7.74. The van der Waals surface area contributed by atoms with E-state index in [0.29, 0.717) is 12.6 Å². The topological polar surface area (TPSA) is 137 Å². The van der Waals surface area contributed by atoms with Crippen LogP contribution in [0.2, 0.25) is 0 Å². The Bertz CT molecular complexity index is 1720. The summed E-state index contributed by atoms with van der Waals surface area (Å²) in [4.78, 5) is 39.1. The number of amides is 2. The highest BCUT2D eigenvalue weighted by atomic mass is 16.5. The van der Waals surface area contributed by atoms with Gasteiger partial charge in [0, 0.05) is 18.5 Å². The number of nitrogens with one attached hydrogen (secondary N) is 5. The van der Waals surface area contributed by atoms with Crippen LogP contribution >= 0.6 is 0 Å². The molecular weight excluding hydrogens is 530 g/mol. The van der Waals surface area contributed by atoms with Crippen molar-refractivity contribution < 1.29 is 14.3 Å². The van der Waals surface area contributed by atoms with E-state index in [1.54, 1.807) is 0 Å². The molecule has 10 heteroatoms. The van der Waals surface area contributed by atoms with Crippen LogP contribution < -0.4 is 16.0 Å². The Morgan fingerprint density at radius 3 is 2.55 bits per heavy atom. The van der Waals surface area contributed by atoms with E-state index in [2.05, 4.69) is 90.2 Å². The van der Waals surface area contributed by atoms with E-state index in [1.165, 1.54) is 35.4 Å². The smallest absolute Gasteiger partial charge is 0.407 e. The van der Waals surface area contributed by atoms with Crippen LogP contribution in [0.1, 0.15) is 43.4 Å². The molecule has 1 unspecified atom stereocenters. The third-order valence-electron chi connectivity index (χ3n) is 7.74. The monoisotopic (exact) mass is 565 g/mol. The van der Waals surface area contributed by atoms with Gasteiger partial charge in [-0.1, -0.05) is 30.3 Å². The zero-order valence-electron chi connectivity index (χ0n) is 23.6. The number of fused-ring (bicyclic) bond motifs is 2. The fraction of sp³-hybridized carbons (Fsp3) is 0.312. The number of rotatable bonds is 10. The van der Waals surface area contributed by atoms with Gasteiger partial charge in [-0.2, -0.15) is 0 Å². The van der Waals surface area contributed by atoms with E-state index in [-0.39, 0.29) is 12.5 Å². The number of aryl methyl sites for hydroxylation is 1. The molecule has 0 bridgehead atoms. The highest BCUT2D eigenvalue weighted by Crippen LogP contribution is 2.30. The first kappa shape index (κ1) is 27.5. The lowest BCUT2D eigenvalue weighted by atomic mass is 9.99. The summed E-state index contributed by atoms with van der Waals surface area (Å²) in [6.45, 7) is 1.49. The Morgan fingerprint density at radius 2 is 1.74 bits per heavy atom. The van der Waals surface area contributed by atoms with E-state index in [1.807, 2.05) is 6.20 Å². The fourth-order valence-electron chi connectivity index (χ4n) is 5.45. The minimum atomic E-state index is -0.621. The Balaban J connectivity index is 1.06. The summed E-state index contributed by atoms with van der Waals surface area (Å²) < 4.78 is 4.45. The van der Waals surface area contributed by atoms with Gasteiger partial charge in [-0.05, 0) is 78.4 Å². The lowest BCUT2D eigenvalue weighted by molar-refractivity contribution is -0.120. The average molecular weight is 566 g/mol. The maximum Gasteiger partial charge on any atom is 0.407 e. The number of hydrogen-bond acceptors (Lipinski definition) is 6. The third kappa shape index (κ3) is 6.28. The Kier molecular flexibility index (Phi) is 8.14. The molecule has 3 aromatic carbocycles. The normalized spacial score (nSPS) is 14.8. The van der Waals surface area contributed by atoms with Crippen molar-refractivity contribution in [3.8, 4) is 22.4 Å². The summed E-state index contributed by atoms with van der Waals surface area (Å²) in [5.41, 5.74) is 6.48. The molecule has 5 N–H and O–H groups in total. The van der Waals surface area contributed by atoms with E-state index in [9.17, 15) is 9.59 Å². The number of methoxy groups -OCH3 is 1. The molecule has 0 spiro atoms. The van der Waals surface area contributed by atoms with Gasteiger partial charge in [-0.25, -0.2) is 14.8 Å². The lowest BCUT2D eigenvalue weighted by Gasteiger charge is -2.07. The summed E-state index contributed by atoms with van der Waals surface area (Å²) >= 11 is 0. The number of alkyl carbamates (subject to hydrolysis) is 1. The molecule has 1 fully saturated rings. The Labute approximate surface area is 243 Å². The van der Waals surface area contributed by atoms with Crippen molar-refractivity contribution >= 4 is 33.8 Å². The number of carbonyl (C=O) groups is 2. The molecule has 1 saturated heterocycles. The predicted molar refractivity (Wildman–Crippen MR) is 163 cm³/mol. The number of hydrogen-bond donors (Lipinski definition) is 5. The lowest BCUT2D eigenvalue weighted by Crippen LogP contribution is -2.37. The molecule has 2 aromatic heterocycles. The molecule has 1 aliphatic rings. The standard InChI is InChI=1S/C32H35N7O3/c1-42-32(41)36-19-30(40)34-13-3-2-6-29-35-18-28(37-29)24-10-9-20-15-21(7-8-22(20)16-24)23-11-12-25-27(17-23)39-31(38-25)26-5-4-14-33-26/h7-12,15-18,26,33H,2-6,13-14,19H2,1H3,(H,34,40)(H,35,37)(H,36,41)(H,38,39). The molecule has 0 aliphatic carbocycles. The van der Waals surface area contributed by atoms with Crippen LogP contribution in [0.3, 0.4) is 0 Å².